The van der Waals surface area contributed by atoms with Crippen LogP contribution in [-0.2, 0) is 0 Å². The minimum absolute atomic E-state index is 0.159. The van der Waals surface area contributed by atoms with E-state index >= 15 is 0 Å². The lowest BCUT2D eigenvalue weighted by atomic mass is 10.1. The van der Waals surface area contributed by atoms with Crippen molar-refractivity contribution >= 4 is 5.91 Å². The van der Waals surface area contributed by atoms with Gasteiger partial charge in [-0.1, -0.05) is 18.9 Å². The van der Waals surface area contributed by atoms with E-state index in [-0.39, 0.29) is 12.2 Å². The summed E-state index contributed by atoms with van der Waals surface area (Å²) in [5, 5.41) is 11.1. The summed E-state index contributed by atoms with van der Waals surface area (Å²) in [6.07, 6.45) is 3.19. The summed E-state index contributed by atoms with van der Waals surface area (Å²) in [5.74, 6) is -2.38. The van der Waals surface area contributed by atoms with Crippen molar-refractivity contribution in [3.63, 3.8) is 0 Å². The Morgan fingerprint density at radius 2 is 1.89 bits per heavy atom. The fourth-order valence-corrected chi connectivity index (χ4v) is 1.75. The fraction of sp³-hybridized carbons (Fsp3) is 0.500. The molecule has 0 fully saturated rings. The molecular formula is C14H19F2NO2. The van der Waals surface area contributed by atoms with Gasteiger partial charge in [-0.05, 0) is 31.4 Å². The van der Waals surface area contributed by atoms with Gasteiger partial charge < -0.3 is 10.4 Å². The van der Waals surface area contributed by atoms with Crippen molar-refractivity contribution in [2.24, 2.45) is 0 Å². The van der Waals surface area contributed by atoms with Crippen LogP contribution in [0.2, 0.25) is 0 Å². The molecule has 0 heterocycles. The molecule has 1 rings (SSSR count). The Balaban J connectivity index is 2.48. The van der Waals surface area contributed by atoms with Crippen LogP contribution in [0.1, 0.15) is 41.6 Å². The van der Waals surface area contributed by atoms with Gasteiger partial charge in [-0.25, -0.2) is 8.78 Å². The van der Waals surface area contributed by atoms with Gasteiger partial charge in [0.15, 0.2) is 0 Å². The van der Waals surface area contributed by atoms with Crippen LogP contribution in [-0.4, -0.2) is 24.2 Å². The van der Waals surface area contributed by atoms with E-state index in [1.165, 1.54) is 13.0 Å². The van der Waals surface area contributed by atoms with Crippen molar-refractivity contribution in [1.82, 2.24) is 5.32 Å². The van der Waals surface area contributed by atoms with Gasteiger partial charge in [0.1, 0.15) is 17.2 Å². The topological polar surface area (TPSA) is 49.3 Å². The molecule has 0 saturated carbocycles. The van der Waals surface area contributed by atoms with Crippen LogP contribution < -0.4 is 5.32 Å². The van der Waals surface area contributed by atoms with Gasteiger partial charge in [0.2, 0.25) is 0 Å². The second-order valence-electron chi connectivity index (χ2n) is 4.45. The van der Waals surface area contributed by atoms with Crippen LogP contribution in [0.5, 0.6) is 0 Å². The number of benzene rings is 1. The molecule has 1 aromatic rings. The Hall–Kier alpha value is -1.49. The van der Waals surface area contributed by atoms with Crippen LogP contribution in [0, 0.1) is 18.6 Å². The van der Waals surface area contributed by atoms with Crippen LogP contribution >= 0.6 is 0 Å². The van der Waals surface area contributed by atoms with E-state index in [1.807, 2.05) is 0 Å². The standard InChI is InChI=1S/C14H19F2NO2/c1-10-6-7-11(15)12(13(10)16)14(19)17-8-4-2-3-5-9-18/h6-7,18H,2-5,8-9H2,1H3,(H,17,19). The Morgan fingerprint density at radius 1 is 1.21 bits per heavy atom. The first-order valence-electron chi connectivity index (χ1n) is 6.41. The number of hydrogen-bond donors (Lipinski definition) is 2. The van der Waals surface area contributed by atoms with Crippen LogP contribution in [0.25, 0.3) is 0 Å². The van der Waals surface area contributed by atoms with E-state index in [0.717, 1.165) is 31.7 Å². The normalized spacial score (nSPS) is 10.5. The Kier molecular flexibility index (Phi) is 6.42. The van der Waals surface area contributed by atoms with Crippen molar-refractivity contribution < 1.29 is 18.7 Å². The van der Waals surface area contributed by atoms with Crippen LogP contribution in [0.3, 0.4) is 0 Å². The molecule has 0 spiro atoms. The molecule has 19 heavy (non-hydrogen) atoms. The third-order valence-corrected chi connectivity index (χ3v) is 2.88. The number of amides is 1. The monoisotopic (exact) mass is 271 g/mol. The zero-order valence-electron chi connectivity index (χ0n) is 11.0. The summed E-state index contributed by atoms with van der Waals surface area (Å²) in [4.78, 5) is 11.7. The lowest BCUT2D eigenvalue weighted by molar-refractivity contribution is 0.0944. The number of halogens is 2. The maximum atomic E-state index is 13.7. The molecule has 0 atom stereocenters. The number of aliphatic hydroxyl groups excluding tert-OH is 1. The van der Waals surface area contributed by atoms with Crippen LogP contribution in [0.4, 0.5) is 8.78 Å². The molecule has 2 N–H and O–H groups in total. The van der Waals surface area contributed by atoms with Crippen molar-refractivity contribution in [2.75, 3.05) is 13.2 Å². The summed E-state index contributed by atoms with van der Waals surface area (Å²) >= 11 is 0. The van der Waals surface area contributed by atoms with E-state index < -0.39 is 23.1 Å². The van der Waals surface area contributed by atoms with Gasteiger partial charge in [-0.15, -0.1) is 0 Å². The minimum atomic E-state index is -0.846. The first-order chi connectivity index (χ1) is 9.07. The quantitative estimate of drug-likeness (QED) is 0.749. The number of nitrogens with one attached hydrogen (secondary N) is 1. The zero-order valence-corrected chi connectivity index (χ0v) is 11.0. The molecule has 106 valence electrons. The summed E-state index contributed by atoms with van der Waals surface area (Å²) in [5.41, 5.74) is -0.273. The van der Waals surface area contributed by atoms with E-state index in [2.05, 4.69) is 5.32 Å². The number of carbonyl (C=O) groups is 1. The smallest absolute Gasteiger partial charge is 0.257 e. The van der Waals surface area contributed by atoms with E-state index in [1.54, 1.807) is 0 Å². The molecule has 1 aromatic carbocycles. The molecular weight excluding hydrogens is 252 g/mol. The maximum absolute atomic E-state index is 13.7. The molecule has 0 aliphatic heterocycles. The molecule has 1 amide bonds. The van der Waals surface area contributed by atoms with Gasteiger partial charge in [0, 0.05) is 13.2 Å². The minimum Gasteiger partial charge on any atom is -0.396 e. The Labute approximate surface area is 111 Å². The second kappa shape index (κ2) is 7.84. The van der Waals surface area contributed by atoms with E-state index in [0.29, 0.717) is 6.54 Å². The van der Waals surface area contributed by atoms with Gasteiger partial charge >= 0.3 is 0 Å². The molecule has 0 saturated heterocycles. The first-order valence-corrected chi connectivity index (χ1v) is 6.41. The molecule has 0 radical (unpaired) electrons. The average molecular weight is 271 g/mol. The number of hydrogen-bond acceptors (Lipinski definition) is 2. The molecule has 0 unspecified atom stereocenters. The van der Waals surface area contributed by atoms with Gasteiger partial charge in [-0.2, -0.15) is 0 Å². The largest absolute Gasteiger partial charge is 0.396 e. The fourth-order valence-electron chi connectivity index (χ4n) is 1.75. The van der Waals surface area contributed by atoms with Crippen molar-refractivity contribution in [3.05, 3.63) is 34.9 Å². The van der Waals surface area contributed by atoms with Crippen LogP contribution in [0.15, 0.2) is 12.1 Å². The van der Waals surface area contributed by atoms with Gasteiger partial charge in [0.25, 0.3) is 5.91 Å². The summed E-state index contributed by atoms with van der Waals surface area (Å²) < 4.78 is 27.1. The highest BCUT2D eigenvalue weighted by atomic mass is 19.1. The highest BCUT2D eigenvalue weighted by molar-refractivity contribution is 5.94. The number of aryl methyl sites for hydroxylation is 1. The van der Waals surface area contributed by atoms with Crippen molar-refractivity contribution in [2.45, 2.75) is 32.6 Å². The SMILES string of the molecule is Cc1ccc(F)c(C(=O)NCCCCCCO)c1F. The van der Waals surface area contributed by atoms with Gasteiger partial charge in [-0.3, -0.25) is 4.79 Å². The highest BCUT2D eigenvalue weighted by Crippen LogP contribution is 2.16. The number of carbonyl (C=O) groups excluding carboxylic acids is 1. The Morgan fingerprint density at radius 3 is 2.58 bits per heavy atom. The molecule has 0 aromatic heterocycles. The summed E-state index contributed by atoms with van der Waals surface area (Å²) in [6.45, 7) is 2.02. The number of aliphatic hydroxyl groups is 1. The molecule has 3 nitrogen and oxygen atoms in total. The highest BCUT2D eigenvalue weighted by Gasteiger charge is 2.18. The maximum Gasteiger partial charge on any atom is 0.257 e. The molecule has 0 bridgehead atoms. The second-order valence-corrected chi connectivity index (χ2v) is 4.45. The number of unbranched alkanes of at least 4 members (excludes halogenated alkanes) is 3. The predicted molar refractivity (Wildman–Crippen MR) is 69.0 cm³/mol. The third-order valence-electron chi connectivity index (χ3n) is 2.88. The molecule has 5 heteroatoms. The number of rotatable bonds is 7. The lowest BCUT2D eigenvalue weighted by Gasteiger charge is -2.08. The molecule has 0 aliphatic carbocycles. The third kappa shape index (κ3) is 4.59. The first kappa shape index (κ1) is 15.6. The van der Waals surface area contributed by atoms with Crippen molar-refractivity contribution in [3.8, 4) is 0 Å². The molecule has 0 aliphatic rings. The van der Waals surface area contributed by atoms with Crippen molar-refractivity contribution in [1.29, 1.82) is 0 Å². The van der Waals surface area contributed by atoms with E-state index in [4.69, 9.17) is 5.11 Å². The predicted octanol–water partition coefficient (Wildman–Crippen LogP) is 2.56. The van der Waals surface area contributed by atoms with E-state index in [9.17, 15) is 13.6 Å². The Bertz CT molecular complexity index is 436. The lowest BCUT2D eigenvalue weighted by Crippen LogP contribution is -2.26. The zero-order chi connectivity index (χ0) is 14.3. The summed E-state index contributed by atoms with van der Waals surface area (Å²) in [7, 11) is 0. The van der Waals surface area contributed by atoms with Gasteiger partial charge in [0.05, 0.1) is 0 Å². The average Bonchev–Trinajstić information content (AvgIpc) is 2.38. The summed E-state index contributed by atoms with van der Waals surface area (Å²) in [6, 6.07) is 2.39.